The molecule has 1 N–H and O–H groups in total. The molecule has 1 fully saturated rings. The number of hydrogen-bond acceptors (Lipinski definition) is 5. The quantitative estimate of drug-likeness (QED) is 0.800. The second-order valence-electron chi connectivity index (χ2n) is 5.40. The molecule has 0 aliphatic carbocycles. The summed E-state index contributed by atoms with van der Waals surface area (Å²) in [5, 5.41) is 11.7. The largest absolute Gasteiger partial charge is 0.388 e. The van der Waals surface area contributed by atoms with E-state index in [1.807, 2.05) is 43.4 Å². The Balaban J connectivity index is 0.000000212. The normalized spacial score (nSPS) is 13.3. The van der Waals surface area contributed by atoms with Crippen LogP contribution in [0.2, 0.25) is 0 Å². The number of hydrogen-bond donors (Lipinski definition) is 1. The maximum absolute atomic E-state index is 10.5. The van der Waals surface area contributed by atoms with E-state index in [-0.39, 0.29) is 0 Å². The fourth-order valence-corrected chi connectivity index (χ4v) is 2.58. The van der Waals surface area contributed by atoms with Crippen molar-refractivity contribution in [3.05, 3.63) is 52.6 Å². The van der Waals surface area contributed by atoms with Crippen LogP contribution in [0.5, 0.6) is 0 Å². The van der Waals surface area contributed by atoms with Crippen molar-refractivity contribution >= 4 is 33.8 Å². The third-order valence-electron chi connectivity index (χ3n) is 3.80. The molecule has 2 aromatic rings. The zero-order valence-corrected chi connectivity index (χ0v) is 15.6. The average molecular weight is 402 g/mol. The van der Waals surface area contributed by atoms with E-state index in [0.717, 1.165) is 48.6 Å². The molecule has 0 spiro atoms. The van der Waals surface area contributed by atoms with Gasteiger partial charge >= 0.3 is 0 Å². The highest BCUT2D eigenvalue weighted by molar-refractivity contribution is 9.10. The van der Waals surface area contributed by atoms with Crippen LogP contribution < -0.4 is 10.2 Å². The monoisotopic (exact) mass is 401 g/mol. The van der Waals surface area contributed by atoms with Gasteiger partial charge in [-0.1, -0.05) is 15.9 Å². The number of rotatable bonds is 3. The molecular formula is C18H20BrN5O. The Bertz CT molecular complexity index is 704. The number of anilines is 2. The maximum Gasteiger partial charge on any atom is 0.209 e. The van der Waals surface area contributed by atoms with Gasteiger partial charge in [0.2, 0.25) is 6.41 Å². The summed E-state index contributed by atoms with van der Waals surface area (Å²) >= 11 is 3.35. The Labute approximate surface area is 156 Å². The number of pyridine rings is 1. The standard InChI is InChI=1S/C11H12N4O.C7H8BrN/c12-7-10-1-2-11(13-8-10)15-5-3-14(9-16)4-6-15;1-9-7-4-2-6(8)3-5-7/h1-2,8-9H,3-6H2;2-5,9H,1H3. The van der Waals surface area contributed by atoms with Crippen molar-refractivity contribution in [3.8, 4) is 6.07 Å². The lowest BCUT2D eigenvalue weighted by atomic mass is 10.3. The molecule has 2 heterocycles. The van der Waals surface area contributed by atoms with Crippen LogP contribution >= 0.6 is 15.9 Å². The first-order chi connectivity index (χ1) is 12.2. The smallest absolute Gasteiger partial charge is 0.209 e. The summed E-state index contributed by atoms with van der Waals surface area (Å²) in [5.41, 5.74) is 1.70. The number of aromatic nitrogens is 1. The fraction of sp³-hybridized carbons (Fsp3) is 0.278. The van der Waals surface area contributed by atoms with Crippen molar-refractivity contribution in [1.29, 1.82) is 5.26 Å². The summed E-state index contributed by atoms with van der Waals surface area (Å²) in [6.07, 6.45) is 2.45. The van der Waals surface area contributed by atoms with Crippen LogP contribution in [0.3, 0.4) is 0 Å². The van der Waals surface area contributed by atoms with E-state index in [2.05, 4.69) is 31.1 Å². The Morgan fingerprint density at radius 2 is 1.84 bits per heavy atom. The van der Waals surface area contributed by atoms with Crippen molar-refractivity contribution in [2.45, 2.75) is 0 Å². The number of carbonyl (C=O) groups is 1. The lowest BCUT2D eigenvalue weighted by Crippen LogP contribution is -2.46. The zero-order chi connectivity index (χ0) is 18.1. The van der Waals surface area contributed by atoms with E-state index in [1.165, 1.54) is 0 Å². The van der Waals surface area contributed by atoms with Gasteiger partial charge in [-0.3, -0.25) is 4.79 Å². The van der Waals surface area contributed by atoms with Crippen LogP contribution in [0.25, 0.3) is 0 Å². The Hall–Kier alpha value is -2.59. The number of nitrogens with zero attached hydrogens (tertiary/aromatic N) is 4. The summed E-state index contributed by atoms with van der Waals surface area (Å²) in [4.78, 5) is 18.6. The molecule has 1 amide bonds. The van der Waals surface area contributed by atoms with Gasteiger partial charge < -0.3 is 15.1 Å². The Kier molecular flexibility index (Phi) is 7.23. The Morgan fingerprint density at radius 3 is 2.32 bits per heavy atom. The summed E-state index contributed by atoms with van der Waals surface area (Å²) in [5.74, 6) is 0.865. The van der Waals surface area contributed by atoms with Gasteiger partial charge in [-0.05, 0) is 36.4 Å². The fourth-order valence-electron chi connectivity index (χ4n) is 2.31. The predicted octanol–water partition coefficient (Wildman–Crippen LogP) is 2.72. The number of nitrogens with one attached hydrogen (secondary N) is 1. The minimum absolute atomic E-state index is 0.565. The van der Waals surface area contributed by atoms with Crippen molar-refractivity contribution < 1.29 is 4.79 Å². The van der Waals surface area contributed by atoms with Crippen LogP contribution in [-0.4, -0.2) is 49.5 Å². The number of halogens is 1. The topological polar surface area (TPSA) is 72.3 Å². The summed E-state index contributed by atoms with van der Waals surface area (Å²) in [7, 11) is 1.91. The van der Waals surface area contributed by atoms with Crippen molar-refractivity contribution in [2.24, 2.45) is 0 Å². The molecule has 1 saturated heterocycles. The van der Waals surface area contributed by atoms with E-state index < -0.39 is 0 Å². The SMILES string of the molecule is CNc1ccc(Br)cc1.N#Cc1ccc(N2CCN(C=O)CC2)nc1. The Morgan fingerprint density at radius 1 is 1.16 bits per heavy atom. The minimum atomic E-state index is 0.565. The molecule has 0 bridgehead atoms. The maximum atomic E-state index is 10.5. The highest BCUT2D eigenvalue weighted by Gasteiger charge is 2.16. The molecular weight excluding hydrogens is 382 g/mol. The van der Waals surface area contributed by atoms with Crippen LogP contribution in [0.1, 0.15) is 5.56 Å². The number of carbonyl (C=O) groups excluding carboxylic acids is 1. The molecule has 130 valence electrons. The first-order valence-corrected chi connectivity index (χ1v) is 8.69. The molecule has 7 heteroatoms. The van der Waals surface area contributed by atoms with E-state index in [1.54, 1.807) is 17.2 Å². The van der Waals surface area contributed by atoms with Gasteiger partial charge in [0.05, 0.1) is 5.56 Å². The van der Waals surface area contributed by atoms with Crippen molar-refractivity contribution in [2.75, 3.05) is 43.4 Å². The van der Waals surface area contributed by atoms with E-state index >= 15 is 0 Å². The average Bonchev–Trinajstić information content (AvgIpc) is 2.69. The van der Waals surface area contributed by atoms with Crippen molar-refractivity contribution in [1.82, 2.24) is 9.88 Å². The van der Waals surface area contributed by atoms with Gasteiger partial charge in [0.1, 0.15) is 11.9 Å². The van der Waals surface area contributed by atoms with Crippen molar-refractivity contribution in [3.63, 3.8) is 0 Å². The zero-order valence-electron chi connectivity index (χ0n) is 14.0. The lowest BCUT2D eigenvalue weighted by Gasteiger charge is -2.33. The van der Waals surface area contributed by atoms with Gasteiger partial charge in [0, 0.05) is 49.6 Å². The van der Waals surface area contributed by atoms with Crippen LogP contribution in [-0.2, 0) is 4.79 Å². The predicted molar refractivity (Wildman–Crippen MR) is 102 cm³/mol. The minimum Gasteiger partial charge on any atom is -0.388 e. The summed E-state index contributed by atoms with van der Waals surface area (Å²) in [6.45, 7) is 3.03. The van der Waals surface area contributed by atoms with Gasteiger partial charge in [-0.15, -0.1) is 0 Å². The second-order valence-corrected chi connectivity index (χ2v) is 6.32. The molecule has 0 radical (unpaired) electrons. The van der Waals surface area contributed by atoms with Gasteiger partial charge in [-0.25, -0.2) is 4.98 Å². The van der Waals surface area contributed by atoms with Crippen LogP contribution in [0.15, 0.2) is 47.1 Å². The van der Waals surface area contributed by atoms with Gasteiger partial charge in [0.25, 0.3) is 0 Å². The lowest BCUT2D eigenvalue weighted by molar-refractivity contribution is -0.118. The molecule has 1 aliphatic rings. The van der Waals surface area contributed by atoms with Crippen LogP contribution in [0.4, 0.5) is 11.5 Å². The number of nitriles is 1. The molecule has 3 rings (SSSR count). The third kappa shape index (κ3) is 5.76. The van der Waals surface area contributed by atoms with Crippen LogP contribution in [0, 0.1) is 11.3 Å². The first-order valence-electron chi connectivity index (χ1n) is 7.90. The second kappa shape index (κ2) is 9.64. The van der Waals surface area contributed by atoms with Gasteiger partial charge in [0.15, 0.2) is 0 Å². The van der Waals surface area contributed by atoms with Gasteiger partial charge in [-0.2, -0.15) is 5.26 Å². The molecule has 1 aromatic carbocycles. The van der Waals surface area contributed by atoms with E-state index in [4.69, 9.17) is 5.26 Å². The molecule has 1 aliphatic heterocycles. The molecule has 1 aromatic heterocycles. The highest BCUT2D eigenvalue weighted by Crippen LogP contribution is 2.13. The molecule has 0 unspecified atom stereocenters. The first kappa shape index (κ1) is 18.7. The molecule has 25 heavy (non-hydrogen) atoms. The summed E-state index contributed by atoms with van der Waals surface area (Å²) in [6, 6.07) is 13.7. The van der Waals surface area contributed by atoms with E-state index in [9.17, 15) is 4.79 Å². The summed E-state index contributed by atoms with van der Waals surface area (Å²) < 4.78 is 1.11. The number of amides is 1. The van der Waals surface area contributed by atoms with E-state index in [0.29, 0.717) is 5.56 Å². The third-order valence-corrected chi connectivity index (χ3v) is 4.33. The molecule has 0 saturated carbocycles. The number of benzene rings is 1. The number of piperazine rings is 1. The highest BCUT2D eigenvalue weighted by atomic mass is 79.9. The molecule has 0 atom stereocenters. The molecule has 6 nitrogen and oxygen atoms in total.